The molecule has 154 valence electrons. The molecule has 2 atom stereocenters. The Kier molecular flexibility index (Phi) is 6.79. The number of para-hydroxylation sites is 1. The molecule has 0 radical (unpaired) electrons. The molecule has 0 saturated carbocycles. The summed E-state index contributed by atoms with van der Waals surface area (Å²) in [7, 11) is 1.51. The molecule has 0 fully saturated rings. The minimum atomic E-state index is -0.675. The third kappa shape index (κ3) is 4.90. The van der Waals surface area contributed by atoms with Gasteiger partial charge in [0.05, 0.1) is 25.3 Å². The van der Waals surface area contributed by atoms with Crippen molar-refractivity contribution in [1.82, 2.24) is 10.6 Å². The van der Waals surface area contributed by atoms with Gasteiger partial charge in [-0.25, -0.2) is 0 Å². The molecule has 29 heavy (non-hydrogen) atoms. The van der Waals surface area contributed by atoms with Gasteiger partial charge in [-0.2, -0.15) is 0 Å². The number of amides is 2. The molecule has 0 aromatic heterocycles. The smallest absolute Gasteiger partial charge is 0.255 e. The Morgan fingerprint density at radius 3 is 2.69 bits per heavy atom. The van der Waals surface area contributed by atoms with E-state index in [4.69, 9.17) is 9.47 Å². The minimum Gasteiger partial charge on any atom is -0.496 e. The van der Waals surface area contributed by atoms with E-state index in [0.717, 1.165) is 15.8 Å². The molecule has 7 heteroatoms. The fourth-order valence-electron chi connectivity index (χ4n) is 3.36. The highest BCUT2D eigenvalue weighted by molar-refractivity contribution is 9.10. The van der Waals surface area contributed by atoms with Crippen molar-refractivity contribution in [2.45, 2.75) is 32.4 Å². The molecule has 1 aliphatic heterocycles. The predicted molar refractivity (Wildman–Crippen MR) is 114 cm³/mol. The van der Waals surface area contributed by atoms with E-state index in [1.807, 2.05) is 32.0 Å². The molecule has 0 spiro atoms. The van der Waals surface area contributed by atoms with Crippen LogP contribution in [0.3, 0.4) is 0 Å². The first-order chi connectivity index (χ1) is 13.9. The van der Waals surface area contributed by atoms with Crippen LogP contribution in [0.4, 0.5) is 0 Å². The molecule has 2 amide bonds. The van der Waals surface area contributed by atoms with Gasteiger partial charge in [0.1, 0.15) is 17.5 Å². The maximum atomic E-state index is 13.1. The molecule has 2 N–H and O–H groups in total. The van der Waals surface area contributed by atoms with E-state index in [1.54, 1.807) is 24.3 Å². The fraction of sp³-hybridized carbons (Fsp3) is 0.364. The van der Waals surface area contributed by atoms with Crippen molar-refractivity contribution >= 4 is 27.7 Å². The Bertz CT molecular complexity index is 900. The van der Waals surface area contributed by atoms with Crippen LogP contribution in [0, 0.1) is 5.92 Å². The lowest BCUT2D eigenvalue weighted by molar-refractivity contribution is -0.124. The van der Waals surface area contributed by atoms with E-state index in [1.165, 1.54) is 7.11 Å². The summed E-state index contributed by atoms with van der Waals surface area (Å²) in [6.45, 7) is 4.34. The second-order valence-corrected chi connectivity index (χ2v) is 8.19. The highest BCUT2D eigenvalue weighted by Gasteiger charge is 2.30. The summed E-state index contributed by atoms with van der Waals surface area (Å²) in [6, 6.07) is 11.9. The van der Waals surface area contributed by atoms with Gasteiger partial charge in [0.2, 0.25) is 5.91 Å². The highest BCUT2D eigenvalue weighted by atomic mass is 79.9. The average Bonchev–Trinajstić information content (AvgIpc) is 2.71. The van der Waals surface area contributed by atoms with Crippen molar-refractivity contribution in [2.24, 2.45) is 5.92 Å². The van der Waals surface area contributed by atoms with Gasteiger partial charge in [-0.1, -0.05) is 41.9 Å². The van der Waals surface area contributed by atoms with Gasteiger partial charge in [0, 0.05) is 16.5 Å². The normalized spacial score (nSPS) is 16.4. The predicted octanol–water partition coefficient (Wildman–Crippen LogP) is 3.85. The minimum absolute atomic E-state index is 0.0875. The third-order valence-electron chi connectivity index (χ3n) is 4.92. The quantitative estimate of drug-likeness (QED) is 0.685. The zero-order chi connectivity index (χ0) is 21.0. The summed E-state index contributed by atoms with van der Waals surface area (Å²) < 4.78 is 11.9. The molecule has 2 aromatic carbocycles. The number of hydrogen-bond donors (Lipinski definition) is 2. The van der Waals surface area contributed by atoms with Crippen LogP contribution in [0.25, 0.3) is 0 Å². The van der Waals surface area contributed by atoms with E-state index < -0.39 is 6.04 Å². The number of fused-ring (bicyclic) bond motifs is 1. The van der Waals surface area contributed by atoms with Crippen LogP contribution in [0.2, 0.25) is 0 Å². The Balaban J connectivity index is 1.76. The lowest BCUT2D eigenvalue weighted by Crippen LogP contribution is -2.50. The molecule has 1 aliphatic rings. The van der Waals surface area contributed by atoms with Gasteiger partial charge >= 0.3 is 0 Å². The average molecular weight is 461 g/mol. The molecule has 0 bridgehead atoms. The summed E-state index contributed by atoms with van der Waals surface area (Å²) in [5.74, 6) is 0.586. The number of halogens is 1. The van der Waals surface area contributed by atoms with Crippen molar-refractivity contribution in [3.05, 3.63) is 58.1 Å². The first kappa shape index (κ1) is 21.2. The molecule has 0 saturated heterocycles. The van der Waals surface area contributed by atoms with Gasteiger partial charge in [-0.15, -0.1) is 0 Å². The maximum Gasteiger partial charge on any atom is 0.255 e. The first-order valence-corrected chi connectivity index (χ1v) is 10.4. The summed E-state index contributed by atoms with van der Waals surface area (Å²) in [5.41, 5.74) is 1.33. The van der Waals surface area contributed by atoms with Crippen molar-refractivity contribution in [3.63, 3.8) is 0 Å². The molecule has 0 aliphatic carbocycles. The van der Waals surface area contributed by atoms with Crippen molar-refractivity contribution in [2.75, 3.05) is 13.7 Å². The molecule has 2 unspecified atom stereocenters. The maximum absolute atomic E-state index is 13.1. The van der Waals surface area contributed by atoms with Gasteiger partial charge in [0.15, 0.2) is 0 Å². The van der Waals surface area contributed by atoms with Crippen molar-refractivity contribution in [1.29, 1.82) is 0 Å². The molecule has 6 nitrogen and oxygen atoms in total. The zero-order valence-corrected chi connectivity index (χ0v) is 18.3. The topological polar surface area (TPSA) is 76.7 Å². The van der Waals surface area contributed by atoms with Crippen LogP contribution >= 0.6 is 15.9 Å². The van der Waals surface area contributed by atoms with Crippen LogP contribution in [0.15, 0.2) is 46.9 Å². The van der Waals surface area contributed by atoms with E-state index in [-0.39, 0.29) is 23.8 Å². The number of carbonyl (C=O) groups is 2. The van der Waals surface area contributed by atoms with Gasteiger partial charge < -0.3 is 20.1 Å². The van der Waals surface area contributed by atoms with E-state index in [0.29, 0.717) is 24.3 Å². The molecule has 1 heterocycles. The Labute approximate surface area is 179 Å². The molecular formula is C22H25BrN2O4. The van der Waals surface area contributed by atoms with Gasteiger partial charge in [0.25, 0.3) is 5.91 Å². The lowest BCUT2D eigenvalue weighted by atomic mass is 9.98. The first-order valence-electron chi connectivity index (χ1n) is 9.57. The van der Waals surface area contributed by atoms with E-state index >= 15 is 0 Å². The zero-order valence-electron chi connectivity index (χ0n) is 16.7. The SMILES string of the molecule is COc1ccccc1C(=O)NC(C(=O)NC1CCOc2ccc(Br)cc21)C(C)C. The lowest BCUT2D eigenvalue weighted by Gasteiger charge is -2.30. The highest BCUT2D eigenvalue weighted by Crippen LogP contribution is 2.34. The van der Waals surface area contributed by atoms with Crippen LogP contribution in [0.5, 0.6) is 11.5 Å². The van der Waals surface area contributed by atoms with E-state index in [9.17, 15) is 9.59 Å². The number of ether oxygens (including phenoxy) is 2. The second-order valence-electron chi connectivity index (χ2n) is 7.28. The number of benzene rings is 2. The van der Waals surface area contributed by atoms with Crippen LogP contribution in [-0.2, 0) is 4.79 Å². The Morgan fingerprint density at radius 1 is 1.21 bits per heavy atom. The molecule has 2 aromatic rings. The second kappa shape index (κ2) is 9.31. The molecule has 3 rings (SSSR count). The van der Waals surface area contributed by atoms with Gasteiger partial charge in [-0.05, 0) is 36.2 Å². The standard InChI is InChI=1S/C22H25BrN2O4/c1-13(2)20(25-21(26)15-6-4-5-7-18(15)28-3)22(27)24-17-10-11-29-19-9-8-14(23)12-16(17)19/h4-9,12-13,17,20H,10-11H2,1-3H3,(H,24,27)(H,25,26). The van der Waals surface area contributed by atoms with Crippen LogP contribution < -0.4 is 20.1 Å². The summed E-state index contributed by atoms with van der Waals surface area (Å²) in [5, 5.41) is 5.94. The monoisotopic (exact) mass is 460 g/mol. The number of carbonyl (C=O) groups excluding carboxylic acids is 2. The third-order valence-corrected chi connectivity index (χ3v) is 5.41. The van der Waals surface area contributed by atoms with Gasteiger partial charge in [-0.3, -0.25) is 9.59 Å². The summed E-state index contributed by atoms with van der Waals surface area (Å²) >= 11 is 3.47. The summed E-state index contributed by atoms with van der Waals surface area (Å²) in [6.07, 6.45) is 0.667. The van der Waals surface area contributed by atoms with E-state index in [2.05, 4.69) is 26.6 Å². The van der Waals surface area contributed by atoms with Crippen molar-refractivity contribution < 1.29 is 19.1 Å². The Hall–Kier alpha value is -2.54. The number of hydrogen-bond acceptors (Lipinski definition) is 4. The largest absolute Gasteiger partial charge is 0.496 e. The fourth-order valence-corrected chi connectivity index (χ4v) is 3.74. The molecular weight excluding hydrogens is 436 g/mol. The Morgan fingerprint density at radius 2 is 1.97 bits per heavy atom. The summed E-state index contributed by atoms with van der Waals surface area (Å²) in [4.78, 5) is 25.8. The van der Waals surface area contributed by atoms with Crippen LogP contribution in [-0.4, -0.2) is 31.6 Å². The number of methoxy groups -OCH3 is 1. The van der Waals surface area contributed by atoms with Crippen molar-refractivity contribution in [3.8, 4) is 11.5 Å². The number of rotatable bonds is 6. The van der Waals surface area contributed by atoms with Crippen LogP contribution in [0.1, 0.15) is 42.2 Å². The number of nitrogens with one attached hydrogen (secondary N) is 2.